The van der Waals surface area contributed by atoms with Crippen LogP contribution in [0.4, 0.5) is 11.4 Å². The van der Waals surface area contributed by atoms with E-state index in [1.165, 1.54) is 0 Å². The molecule has 2 aromatic heterocycles. The van der Waals surface area contributed by atoms with E-state index >= 15 is 0 Å². The Morgan fingerprint density at radius 3 is 2.79 bits per heavy atom. The SMILES string of the molecule is CC(Nc1cccc2[nH]ccc12)c1cc(-c2ccc(N)cc2)on1. The molecule has 0 saturated heterocycles. The zero-order valence-electron chi connectivity index (χ0n) is 13.3. The second-order valence-electron chi connectivity index (χ2n) is 5.85. The lowest BCUT2D eigenvalue weighted by atomic mass is 10.1. The van der Waals surface area contributed by atoms with Gasteiger partial charge in [-0.3, -0.25) is 0 Å². The van der Waals surface area contributed by atoms with Gasteiger partial charge in [-0.1, -0.05) is 11.2 Å². The number of anilines is 2. The first kappa shape index (κ1) is 14.4. The van der Waals surface area contributed by atoms with Crippen molar-refractivity contribution in [2.45, 2.75) is 13.0 Å². The highest BCUT2D eigenvalue weighted by Crippen LogP contribution is 2.28. The Labute approximate surface area is 139 Å². The predicted octanol–water partition coefficient (Wildman–Crippen LogP) is 4.58. The lowest BCUT2D eigenvalue weighted by Gasteiger charge is -2.13. The van der Waals surface area contributed by atoms with Crippen LogP contribution < -0.4 is 11.1 Å². The number of H-pyrrole nitrogens is 1. The standard InChI is InChI=1S/C19H18N4O/c1-12(22-17-4-2-3-16-15(17)9-10-21-16)18-11-19(24-23-18)13-5-7-14(20)8-6-13/h2-12,21-22H,20H2,1H3. The van der Waals surface area contributed by atoms with Gasteiger partial charge in [0.1, 0.15) is 5.69 Å². The van der Waals surface area contributed by atoms with Crippen LogP contribution in [0.2, 0.25) is 0 Å². The third kappa shape index (κ3) is 2.60. The molecule has 2 heterocycles. The van der Waals surface area contributed by atoms with Crippen molar-refractivity contribution in [1.29, 1.82) is 0 Å². The average Bonchev–Trinajstić information content (AvgIpc) is 3.25. The van der Waals surface area contributed by atoms with E-state index in [0.29, 0.717) is 0 Å². The molecule has 4 rings (SSSR count). The Bertz CT molecular complexity index is 968. The molecule has 4 N–H and O–H groups in total. The Morgan fingerprint density at radius 1 is 1.12 bits per heavy atom. The zero-order valence-corrected chi connectivity index (χ0v) is 13.3. The number of rotatable bonds is 4. The maximum atomic E-state index is 5.72. The summed E-state index contributed by atoms with van der Waals surface area (Å²) in [5.74, 6) is 0.735. The molecule has 0 fully saturated rings. The monoisotopic (exact) mass is 318 g/mol. The van der Waals surface area contributed by atoms with Crippen LogP contribution in [0.5, 0.6) is 0 Å². The third-order valence-electron chi connectivity index (χ3n) is 4.13. The highest BCUT2D eigenvalue weighted by atomic mass is 16.5. The quantitative estimate of drug-likeness (QED) is 0.481. The largest absolute Gasteiger partial charge is 0.399 e. The predicted molar refractivity (Wildman–Crippen MR) is 96.7 cm³/mol. The molecule has 24 heavy (non-hydrogen) atoms. The van der Waals surface area contributed by atoms with Crippen LogP contribution in [0.25, 0.3) is 22.2 Å². The number of benzene rings is 2. The lowest BCUT2D eigenvalue weighted by Crippen LogP contribution is -2.06. The van der Waals surface area contributed by atoms with E-state index < -0.39 is 0 Å². The normalized spacial score (nSPS) is 12.4. The Kier molecular flexibility index (Phi) is 3.46. The minimum Gasteiger partial charge on any atom is -0.399 e. The number of hydrogen-bond donors (Lipinski definition) is 3. The van der Waals surface area contributed by atoms with Crippen LogP contribution in [0.3, 0.4) is 0 Å². The Morgan fingerprint density at radius 2 is 1.96 bits per heavy atom. The van der Waals surface area contributed by atoms with Crippen molar-refractivity contribution in [3.63, 3.8) is 0 Å². The van der Waals surface area contributed by atoms with E-state index in [9.17, 15) is 0 Å². The number of aromatic nitrogens is 2. The minimum absolute atomic E-state index is 0.0248. The fraction of sp³-hybridized carbons (Fsp3) is 0.105. The van der Waals surface area contributed by atoms with Gasteiger partial charge in [0.2, 0.25) is 0 Å². The first-order valence-electron chi connectivity index (χ1n) is 7.86. The van der Waals surface area contributed by atoms with Gasteiger partial charge >= 0.3 is 0 Å². The topological polar surface area (TPSA) is 79.9 Å². The van der Waals surface area contributed by atoms with Crippen LogP contribution >= 0.6 is 0 Å². The van der Waals surface area contributed by atoms with E-state index in [0.717, 1.165) is 39.3 Å². The van der Waals surface area contributed by atoms with Gasteiger partial charge in [0.25, 0.3) is 0 Å². The van der Waals surface area contributed by atoms with Crippen LogP contribution in [-0.2, 0) is 0 Å². The van der Waals surface area contributed by atoms with E-state index in [2.05, 4.69) is 40.6 Å². The number of aromatic amines is 1. The van der Waals surface area contributed by atoms with Crippen molar-refractivity contribution >= 4 is 22.3 Å². The maximum Gasteiger partial charge on any atom is 0.167 e. The summed E-state index contributed by atoms with van der Waals surface area (Å²) < 4.78 is 5.48. The van der Waals surface area contributed by atoms with E-state index in [4.69, 9.17) is 10.3 Å². The molecule has 0 spiro atoms. The summed E-state index contributed by atoms with van der Waals surface area (Å²) in [7, 11) is 0. The minimum atomic E-state index is 0.0248. The van der Waals surface area contributed by atoms with Gasteiger partial charge < -0.3 is 20.6 Å². The number of nitrogens with zero attached hydrogens (tertiary/aromatic N) is 1. The van der Waals surface area contributed by atoms with Gasteiger partial charge in [-0.25, -0.2) is 0 Å². The molecule has 1 unspecified atom stereocenters. The zero-order chi connectivity index (χ0) is 16.5. The molecule has 0 aliphatic carbocycles. The molecule has 5 heteroatoms. The first-order chi connectivity index (χ1) is 11.7. The molecule has 4 aromatic rings. The van der Waals surface area contributed by atoms with Gasteiger partial charge in [0.15, 0.2) is 5.76 Å². The Hall–Kier alpha value is -3.21. The summed E-state index contributed by atoms with van der Waals surface area (Å²) in [6, 6.07) is 17.8. The molecule has 2 aromatic carbocycles. The van der Waals surface area contributed by atoms with Gasteiger partial charge in [-0.15, -0.1) is 0 Å². The number of fused-ring (bicyclic) bond motifs is 1. The van der Waals surface area contributed by atoms with E-state index in [-0.39, 0.29) is 6.04 Å². The first-order valence-corrected chi connectivity index (χ1v) is 7.86. The summed E-state index contributed by atoms with van der Waals surface area (Å²) in [5, 5.41) is 8.86. The summed E-state index contributed by atoms with van der Waals surface area (Å²) in [6.07, 6.45) is 1.94. The summed E-state index contributed by atoms with van der Waals surface area (Å²) in [4.78, 5) is 3.22. The van der Waals surface area contributed by atoms with Crippen molar-refractivity contribution < 1.29 is 4.52 Å². The van der Waals surface area contributed by atoms with Crippen molar-refractivity contribution in [1.82, 2.24) is 10.1 Å². The third-order valence-corrected chi connectivity index (χ3v) is 4.13. The molecular formula is C19H18N4O. The van der Waals surface area contributed by atoms with Crippen LogP contribution in [0, 0.1) is 0 Å². The summed E-state index contributed by atoms with van der Waals surface area (Å²) >= 11 is 0. The second kappa shape index (κ2) is 5.77. The highest BCUT2D eigenvalue weighted by Gasteiger charge is 2.14. The molecule has 0 amide bonds. The van der Waals surface area contributed by atoms with Crippen molar-refractivity contribution in [3.05, 3.63) is 66.5 Å². The van der Waals surface area contributed by atoms with Crippen LogP contribution in [0.1, 0.15) is 18.7 Å². The molecule has 0 bridgehead atoms. The molecular weight excluding hydrogens is 300 g/mol. The van der Waals surface area contributed by atoms with Crippen molar-refractivity contribution in [2.75, 3.05) is 11.1 Å². The fourth-order valence-corrected chi connectivity index (χ4v) is 2.79. The molecule has 120 valence electrons. The smallest absolute Gasteiger partial charge is 0.167 e. The highest BCUT2D eigenvalue weighted by molar-refractivity contribution is 5.92. The summed E-state index contributed by atoms with van der Waals surface area (Å²) in [5.41, 5.74) is 10.4. The lowest BCUT2D eigenvalue weighted by molar-refractivity contribution is 0.420. The van der Waals surface area contributed by atoms with Gasteiger partial charge in [0, 0.05) is 40.1 Å². The van der Waals surface area contributed by atoms with Crippen molar-refractivity contribution in [3.8, 4) is 11.3 Å². The Balaban J connectivity index is 1.58. The van der Waals surface area contributed by atoms with Gasteiger partial charge in [0.05, 0.1) is 6.04 Å². The fourth-order valence-electron chi connectivity index (χ4n) is 2.79. The van der Waals surface area contributed by atoms with Gasteiger partial charge in [-0.2, -0.15) is 0 Å². The average molecular weight is 318 g/mol. The number of nitrogens with two attached hydrogens (primary N) is 1. The molecule has 0 aliphatic rings. The molecule has 0 saturated carbocycles. The van der Waals surface area contributed by atoms with Crippen LogP contribution in [-0.4, -0.2) is 10.1 Å². The van der Waals surface area contributed by atoms with Crippen LogP contribution in [0.15, 0.2) is 65.3 Å². The molecule has 5 nitrogen and oxygen atoms in total. The van der Waals surface area contributed by atoms with Crippen molar-refractivity contribution in [2.24, 2.45) is 0 Å². The van der Waals surface area contributed by atoms with Gasteiger partial charge in [-0.05, 0) is 49.4 Å². The molecule has 0 aliphatic heterocycles. The maximum absolute atomic E-state index is 5.72. The second-order valence-corrected chi connectivity index (χ2v) is 5.85. The number of hydrogen-bond acceptors (Lipinski definition) is 4. The number of nitrogens with one attached hydrogen (secondary N) is 2. The number of nitrogen functional groups attached to an aromatic ring is 1. The summed E-state index contributed by atoms with van der Waals surface area (Å²) in [6.45, 7) is 2.07. The van der Waals surface area contributed by atoms with E-state index in [1.807, 2.05) is 42.6 Å². The van der Waals surface area contributed by atoms with E-state index in [1.54, 1.807) is 0 Å². The molecule has 0 radical (unpaired) electrons. The molecule has 1 atom stereocenters.